The molecule has 0 heterocycles. The van der Waals surface area contributed by atoms with Crippen LogP contribution >= 0.6 is 0 Å². The first-order valence-corrected chi connectivity index (χ1v) is 2.53. The third kappa shape index (κ3) is 4.83. The third-order valence-electron chi connectivity index (χ3n) is 0.798. The van der Waals surface area contributed by atoms with E-state index in [0.29, 0.717) is 12.1 Å². The van der Waals surface area contributed by atoms with Gasteiger partial charge in [0.05, 0.1) is 0 Å². The van der Waals surface area contributed by atoms with E-state index in [9.17, 15) is 4.79 Å². The van der Waals surface area contributed by atoms with Gasteiger partial charge in [0.2, 0.25) is 5.91 Å². The molecule has 0 aromatic rings. The molecule has 0 aliphatic rings. The minimum Gasteiger partial charge on any atom is -0.403 e. The number of carbonyl (C=O) groups is 1. The Hall–Kier alpha value is -1.03. The molecule has 0 aromatic carbocycles. The van der Waals surface area contributed by atoms with E-state index in [4.69, 9.17) is 10.9 Å². The van der Waals surface area contributed by atoms with Gasteiger partial charge in [-0.25, -0.2) is 5.48 Å². The first kappa shape index (κ1) is 7.97. The molecule has 4 nitrogen and oxygen atoms in total. The Morgan fingerprint density at radius 3 is 2.56 bits per heavy atom. The number of amides is 1. The SMILES string of the molecule is C=C(N)CCC(=O)NO. The third-order valence-corrected chi connectivity index (χ3v) is 0.798. The number of allylic oxidation sites excluding steroid dienone is 1. The highest BCUT2D eigenvalue weighted by atomic mass is 16.5. The van der Waals surface area contributed by atoms with Crippen LogP contribution in [0.1, 0.15) is 12.8 Å². The first-order chi connectivity index (χ1) is 4.16. The second-order valence-corrected chi connectivity index (χ2v) is 1.69. The second kappa shape index (κ2) is 3.91. The molecule has 4 heteroatoms. The van der Waals surface area contributed by atoms with E-state index in [1.54, 1.807) is 0 Å². The van der Waals surface area contributed by atoms with Crippen molar-refractivity contribution in [1.29, 1.82) is 0 Å². The Balaban J connectivity index is 3.28. The van der Waals surface area contributed by atoms with E-state index < -0.39 is 5.91 Å². The van der Waals surface area contributed by atoms with Crippen LogP contribution in [-0.4, -0.2) is 11.1 Å². The van der Waals surface area contributed by atoms with E-state index in [-0.39, 0.29) is 6.42 Å². The molecule has 0 unspecified atom stereocenters. The zero-order valence-electron chi connectivity index (χ0n) is 5.05. The van der Waals surface area contributed by atoms with Crippen LogP contribution in [0.25, 0.3) is 0 Å². The molecule has 0 saturated heterocycles. The summed E-state index contributed by atoms with van der Waals surface area (Å²) in [6, 6.07) is 0. The van der Waals surface area contributed by atoms with E-state index in [1.807, 2.05) is 0 Å². The molecule has 0 aliphatic heterocycles. The van der Waals surface area contributed by atoms with E-state index in [2.05, 4.69) is 6.58 Å². The molecule has 0 fully saturated rings. The predicted molar refractivity (Wildman–Crippen MR) is 32.5 cm³/mol. The van der Waals surface area contributed by atoms with Crippen molar-refractivity contribution in [2.45, 2.75) is 12.8 Å². The van der Waals surface area contributed by atoms with E-state index in [1.165, 1.54) is 5.48 Å². The van der Waals surface area contributed by atoms with Crippen molar-refractivity contribution in [3.63, 3.8) is 0 Å². The summed E-state index contributed by atoms with van der Waals surface area (Å²) in [7, 11) is 0. The van der Waals surface area contributed by atoms with Crippen molar-refractivity contribution in [2.75, 3.05) is 0 Å². The van der Waals surface area contributed by atoms with Crippen LogP contribution in [0, 0.1) is 0 Å². The van der Waals surface area contributed by atoms with Crippen molar-refractivity contribution in [3.8, 4) is 0 Å². The molecular weight excluding hydrogens is 120 g/mol. The van der Waals surface area contributed by atoms with Gasteiger partial charge in [0.15, 0.2) is 0 Å². The van der Waals surface area contributed by atoms with Crippen LogP contribution in [0.4, 0.5) is 0 Å². The molecule has 4 N–H and O–H groups in total. The largest absolute Gasteiger partial charge is 0.403 e. The minimum atomic E-state index is -0.443. The fourth-order valence-electron chi connectivity index (χ4n) is 0.330. The van der Waals surface area contributed by atoms with Crippen LogP contribution in [0.5, 0.6) is 0 Å². The van der Waals surface area contributed by atoms with E-state index in [0.717, 1.165) is 0 Å². The highest BCUT2D eigenvalue weighted by Gasteiger charge is 1.96. The van der Waals surface area contributed by atoms with Crippen molar-refractivity contribution < 1.29 is 10.0 Å². The molecule has 0 rings (SSSR count). The summed E-state index contributed by atoms with van der Waals surface area (Å²) < 4.78 is 0. The van der Waals surface area contributed by atoms with Gasteiger partial charge in [-0.2, -0.15) is 0 Å². The van der Waals surface area contributed by atoms with E-state index >= 15 is 0 Å². The summed E-state index contributed by atoms with van der Waals surface area (Å²) in [5, 5.41) is 7.98. The molecule has 0 saturated carbocycles. The fourth-order valence-corrected chi connectivity index (χ4v) is 0.330. The zero-order valence-corrected chi connectivity index (χ0v) is 5.05. The van der Waals surface area contributed by atoms with Gasteiger partial charge in [-0.15, -0.1) is 0 Å². The van der Waals surface area contributed by atoms with Crippen molar-refractivity contribution in [3.05, 3.63) is 12.3 Å². The van der Waals surface area contributed by atoms with Gasteiger partial charge in [-0.1, -0.05) is 6.58 Å². The van der Waals surface area contributed by atoms with Gasteiger partial charge >= 0.3 is 0 Å². The number of hydrogen-bond donors (Lipinski definition) is 3. The first-order valence-electron chi connectivity index (χ1n) is 2.53. The van der Waals surface area contributed by atoms with Crippen LogP contribution in [0.2, 0.25) is 0 Å². The normalized spacial score (nSPS) is 8.56. The number of hydroxylamine groups is 1. The fraction of sp³-hybridized carbons (Fsp3) is 0.400. The highest BCUT2D eigenvalue weighted by Crippen LogP contribution is 1.92. The molecule has 52 valence electrons. The quantitative estimate of drug-likeness (QED) is 0.364. The Morgan fingerprint density at radius 1 is 1.67 bits per heavy atom. The summed E-state index contributed by atoms with van der Waals surface area (Å²) in [6.07, 6.45) is 0.595. The molecule has 1 amide bonds. The lowest BCUT2D eigenvalue weighted by atomic mass is 10.2. The molecule has 9 heavy (non-hydrogen) atoms. The van der Waals surface area contributed by atoms with Crippen molar-refractivity contribution in [1.82, 2.24) is 5.48 Å². The maximum Gasteiger partial charge on any atom is 0.243 e. The van der Waals surface area contributed by atoms with Crippen LogP contribution in [-0.2, 0) is 4.79 Å². The molecule has 0 bridgehead atoms. The lowest BCUT2D eigenvalue weighted by molar-refractivity contribution is -0.129. The summed E-state index contributed by atoms with van der Waals surface area (Å²) in [5.74, 6) is -0.443. The summed E-state index contributed by atoms with van der Waals surface area (Å²) in [6.45, 7) is 3.38. The average molecular weight is 130 g/mol. The Labute approximate surface area is 53.3 Å². The minimum absolute atomic E-state index is 0.186. The van der Waals surface area contributed by atoms with Crippen LogP contribution in [0.3, 0.4) is 0 Å². The number of nitrogens with one attached hydrogen (secondary N) is 1. The average Bonchev–Trinajstić information content (AvgIpc) is 1.83. The Bertz CT molecular complexity index is 122. The van der Waals surface area contributed by atoms with Gasteiger partial charge in [-0.3, -0.25) is 10.0 Å². The lowest BCUT2D eigenvalue weighted by Gasteiger charge is -1.96. The lowest BCUT2D eigenvalue weighted by Crippen LogP contribution is -2.18. The Kier molecular flexibility index (Phi) is 3.46. The maximum atomic E-state index is 10.3. The molecule has 0 aliphatic carbocycles. The number of rotatable bonds is 3. The number of nitrogens with two attached hydrogens (primary N) is 1. The maximum absolute atomic E-state index is 10.3. The molecule has 0 radical (unpaired) electrons. The van der Waals surface area contributed by atoms with Gasteiger partial charge in [0.1, 0.15) is 0 Å². The van der Waals surface area contributed by atoms with Crippen LogP contribution in [0.15, 0.2) is 12.3 Å². The van der Waals surface area contributed by atoms with Gasteiger partial charge in [-0.05, 0) is 6.42 Å². The topological polar surface area (TPSA) is 75.4 Å². The van der Waals surface area contributed by atoms with Gasteiger partial charge < -0.3 is 5.73 Å². The predicted octanol–water partition coefficient (Wildman–Crippen LogP) is -0.256. The Morgan fingerprint density at radius 2 is 2.22 bits per heavy atom. The van der Waals surface area contributed by atoms with Gasteiger partial charge in [0.25, 0.3) is 0 Å². The molecule has 0 aromatic heterocycles. The van der Waals surface area contributed by atoms with Crippen LogP contribution < -0.4 is 11.2 Å². The molecule has 0 atom stereocenters. The number of hydrogen-bond acceptors (Lipinski definition) is 3. The summed E-state index contributed by atoms with van der Waals surface area (Å²) >= 11 is 0. The molecule has 0 spiro atoms. The standard InChI is InChI=1S/C5H10N2O2/c1-4(6)2-3-5(8)7-9/h9H,1-3,6H2,(H,7,8). The van der Waals surface area contributed by atoms with Crippen molar-refractivity contribution in [2.24, 2.45) is 5.73 Å². The molecular formula is C5H10N2O2. The smallest absolute Gasteiger partial charge is 0.243 e. The second-order valence-electron chi connectivity index (χ2n) is 1.69. The highest BCUT2D eigenvalue weighted by molar-refractivity contribution is 5.74. The summed E-state index contributed by atoms with van der Waals surface area (Å²) in [4.78, 5) is 10.3. The monoisotopic (exact) mass is 130 g/mol. The van der Waals surface area contributed by atoms with Gasteiger partial charge in [0, 0.05) is 12.1 Å². The summed E-state index contributed by atoms with van der Waals surface area (Å²) in [5.41, 5.74) is 7.07. The zero-order chi connectivity index (χ0) is 7.28. The number of carbonyl (C=O) groups excluding carboxylic acids is 1. The van der Waals surface area contributed by atoms with Crippen molar-refractivity contribution >= 4 is 5.91 Å².